The maximum atomic E-state index is 10.9. The van der Waals surface area contributed by atoms with Crippen LogP contribution < -0.4 is 5.32 Å². The molecule has 0 aliphatic carbocycles. The van der Waals surface area contributed by atoms with Crippen molar-refractivity contribution < 1.29 is 9.90 Å². The van der Waals surface area contributed by atoms with Crippen LogP contribution in [0.15, 0.2) is 97.5 Å². The van der Waals surface area contributed by atoms with Crippen molar-refractivity contribution in [2.45, 2.75) is 6.54 Å². The molecule has 0 bridgehead atoms. The Hall–Kier alpha value is -4.78. The first kappa shape index (κ1) is 21.1. The number of aromatic nitrogens is 4. The number of nitrogens with zero attached hydrogens (tertiary/aromatic N) is 4. The second-order valence-electron chi connectivity index (χ2n) is 7.69. The Kier molecular flexibility index (Phi) is 5.82. The van der Waals surface area contributed by atoms with E-state index in [-0.39, 0.29) is 0 Å². The average Bonchev–Trinajstić information content (AvgIpc) is 3.32. The predicted octanol–water partition coefficient (Wildman–Crippen LogP) is 5.17. The van der Waals surface area contributed by atoms with Gasteiger partial charge in [0, 0.05) is 42.3 Å². The minimum Gasteiger partial charge on any atom is -0.478 e. The zero-order valence-electron chi connectivity index (χ0n) is 18.2. The molecule has 2 N–H and O–H groups in total. The molecule has 3 heterocycles. The number of aliphatic carboxylic acids is 1. The summed E-state index contributed by atoms with van der Waals surface area (Å²) in [6, 6.07) is 24.1. The van der Waals surface area contributed by atoms with Crippen molar-refractivity contribution in [3.8, 4) is 22.5 Å². The van der Waals surface area contributed by atoms with Crippen LogP contribution in [0, 0.1) is 0 Å². The van der Waals surface area contributed by atoms with E-state index in [4.69, 9.17) is 15.2 Å². The average molecular weight is 447 g/mol. The molecule has 0 spiro atoms. The second-order valence-corrected chi connectivity index (χ2v) is 7.69. The quantitative estimate of drug-likeness (QED) is 0.335. The summed E-state index contributed by atoms with van der Waals surface area (Å²) >= 11 is 0. The number of carbonyl (C=O) groups is 1. The fourth-order valence-electron chi connectivity index (χ4n) is 3.74. The zero-order valence-corrected chi connectivity index (χ0v) is 18.2. The van der Waals surface area contributed by atoms with Crippen LogP contribution in [0.2, 0.25) is 0 Å². The molecule has 0 aliphatic rings. The Labute approximate surface area is 196 Å². The van der Waals surface area contributed by atoms with Gasteiger partial charge >= 0.3 is 5.97 Å². The molecule has 5 rings (SSSR count). The van der Waals surface area contributed by atoms with E-state index in [1.165, 1.54) is 6.08 Å². The Morgan fingerprint density at radius 1 is 0.971 bits per heavy atom. The first-order valence-electron chi connectivity index (χ1n) is 10.8. The number of rotatable bonds is 7. The standard InChI is InChI=1S/C27H21N5O2/c33-24(34)12-11-20-15-22(18-28-16-20)26-30-27(29-17-19-7-3-1-4-8-19)25-23(13-14-32(25)31-26)21-9-5-2-6-10-21/h1-16,18H,17H2,(H,33,34)(H,29,30,31)/b12-11+. The largest absolute Gasteiger partial charge is 0.478 e. The fraction of sp³-hybridized carbons (Fsp3) is 0.0370. The van der Waals surface area contributed by atoms with Crippen LogP contribution in [-0.4, -0.2) is 30.7 Å². The summed E-state index contributed by atoms with van der Waals surface area (Å²) in [6.07, 6.45) is 7.75. The van der Waals surface area contributed by atoms with Crippen LogP contribution >= 0.6 is 0 Å². The smallest absolute Gasteiger partial charge is 0.328 e. The van der Waals surface area contributed by atoms with E-state index >= 15 is 0 Å². The normalized spacial score (nSPS) is 11.2. The molecule has 166 valence electrons. The summed E-state index contributed by atoms with van der Waals surface area (Å²) in [5, 5.41) is 17.1. The van der Waals surface area contributed by atoms with Gasteiger partial charge < -0.3 is 10.4 Å². The van der Waals surface area contributed by atoms with Gasteiger partial charge in [0.25, 0.3) is 0 Å². The van der Waals surface area contributed by atoms with E-state index in [0.29, 0.717) is 29.3 Å². The summed E-state index contributed by atoms with van der Waals surface area (Å²) in [5.74, 6) is 0.164. The van der Waals surface area contributed by atoms with Gasteiger partial charge in [0.1, 0.15) is 5.52 Å². The van der Waals surface area contributed by atoms with E-state index in [1.54, 1.807) is 12.4 Å². The monoisotopic (exact) mass is 447 g/mol. The molecule has 0 atom stereocenters. The van der Waals surface area contributed by atoms with Gasteiger partial charge in [0.05, 0.1) is 0 Å². The molecule has 0 saturated carbocycles. The SMILES string of the molecule is O=C(O)/C=C/c1cncc(-c2nc(NCc3ccccc3)c3c(-c4ccccc4)ccn3n2)c1. The van der Waals surface area contributed by atoms with Crippen molar-refractivity contribution in [1.29, 1.82) is 0 Å². The molecule has 7 nitrogen and oxygen atoms in total. The Morgan fingerprint density at radius 3 is 2.50 bits per heavy atom. The molecule has 7 heteroatoms. The minimum atomic E-state index is -1.02. The van der Waals surface area contributed by atoms with E-state index in [9.17, 15) is 4.79 Å². The lowest BCUT2D eigenvalue weighted by molar-refractivity contribution is -0.131. The van der Waals surface area contributed by atoms with Crippen molar-refractivity contribution in [1.82, 2.24) is 19.6 Å². The highest BCUT2D eigenvalue weighted by molar-refractivity contribution is 5.89. The summed E-state index contributed by atoms with van der Waals surface area (Å²) < 4.78 is 1.82. The van der Waals surface area contributed by atoms with Crippen LogP contribution in [0.1, 0.15) is 11.1 Å². The highest BCUT2D eigenvalue weighted by Gasteiger charge is 2.15. The number of benzene rings is 2. The minimum absolute atomic E-state index is 0.483. The molecule has 0 amide bonds. The summed E-state index contributed by atoms with van der Waals surface area (Å²) in [6.45, 7) is 0.603. The summed E-state index contributed by atoms with van der Waals surface area (Å²) in [5.41, 5.74) is 5.45. The molecule has 0 radical (unpaired) electrons. The highest BCUT2D eigenvalue weighted by atomic mass is 16.4. The van der Waals surface area contributed by atoms with Gasteiger partial charge in [-0.1, -0.05) is 60.7 Å². The van der Waals surface area contributed by atoms with Gasteiger partial charge in [-0.05, 0) is 34.9 Å². The predicted molar refractivity (Wildman–Crippen MR) is 132 cm³/mol. The molecule has 3 aromatic heterocycles. The molecule has 2 aromatic carbocycles. The lowest BCUT2D eigenvalue weighted by Crippen LogP contribution is -2.07. The van der Waals surface area contributed by atoms with Crippen molar-refractivity contribution in [2.24, 2.45) is 0 Å². The molecular formula is C27H21N5O2. The molecule has 0 aliphatic heterocycles. The van der Waals surface area contributed by atoms with E-state index in [0.717, 1.165) is 28.3 Å². The fourth-order valence-corrected chi connectivity index (χ4v) is 3.74. The van der Waals surface area contributed by atoms with Crippen LogP contribution in [0.5, 0.6) is 0 Å². The molecule has 0 fully saturated rings. The Bertz CT molecular complexity index is 1480. The zero-order chi connectivity index (χ0) is 23.3. The van der Waals surface area contributed by atoms with E-state index in [1.807, 2.05) is 59.2 Å². The lowest BCUT2D eigenvalue weighted by atomic mass is 10.1. The number of pyridine rings is 1. The number of nitrogens with one attached hydrogen (secondary N) is 1. The van der Waals surface area contributed by atoms with Crippen LogP contribution in [0.4, 0.5) is 5.82 Å². The molecule has 5 aromatic rings. The number of carboxylic acids is 1. The van der Waals surface area contributed by atoms with Gasteiger partial charge in [0.2, 0.25) is 0 Å². The second kappa shape index (κ2) is 9.38. The van der Waals surface area contributed by atoms with Gasteiger partial charge in [0.15, 0.2) is 11.6 Å². The topological polar surface area (TPSA) is 92.4 Å². The molecule has 0 saturated heterocycles. The van der Waals surface area contributed by atoms with Gasteiger partial charge in [-0.15, -0.1) is 5.10 Å². The number of anilines is 1. The third-order valence-electron chi connectivity index (χ3n) is 5.33. The molecule has 0 unspecified atom stereocenters. The number of hydrogen-bond donors (Lipinski definition) is 2. The number of carboxylic acid groups (broad SMARTS) is 1. The molecular weight excluding hydrogens is 426 g/mol. The van der Waals surface area contributed by atoms with Crippen molar-refractivity contribution in [3.05, 3.63) is 109 Å². The van der Waals surface area contributed by atoms with Gasteiger partial charge in [-0.25, -0.2) is 14.3 Å². The maximum Gasteiger partial charge on any atom is 0.328 e. The maximum absolute atomic E-state index is 10.9. The van der Waals surface area contributed by atoms with Crippen LogP contribution in [0.25, 0.3) is 34.1 Å². The third kappa shape index (κ3) is 4.54. The van der Waals surface area contributed by atoms with Crippen molar-refractivity contribution in [3.63, 3.8) is 0 Å². The van der Waals surface area contributed by atoms with Crippen LogP contribution in [-0.2, 0) is 11.3 Å². The first-order chi connectivity index (χ1) is 16.7. The van der Waals surface area contributed by atoms with E-state index in [2.05, 4.69) is 34.6 Å². The van der Waals surface area contributed by atoms with Gasteiger partial charge in [-0.3, -0.25) is 4.98 Å². The van der Waals surface area contributed by atoms with Crippen molar-refractivity contribution >= 4 is 23.4 Å². The summed E-state index contributed by atoms with van der Waals surface area (Å²) in [4.78, 5) is 20.0. The summed E-state index contributed by atoms with van der Waals surface area (Å²) in [7, 11) is 0. The Balaban J connectivity index is 1.61. The van der Waals surface area contributed by atoms with E-state index < -0.39 is 5.97 Å². The molecule has 34 heavy (non-hydrogen) atoms. The van der Waals surface area contributed by atoms with Gasteiger partial charge in [-0.2, -0.15) is 0 Å². The first-order valence-corrected chi connectivity index (χ1v) is 10.8. The van der Waals surface area contributed by atoms with Crippen LogP contribution in [0.3, 0.4) is 0 Å². The Morgan fingerprint density at radius 2 is 1.74 bits per heavy atom. The number of hydrogen-bond acceptors (Lipinski definition) is 5. The number of fused-ring (bicyclic) bond motifs is 1. The highest BCUT2D eigenvalue weighted by Crippen LogP contribution is 2.31. The van der Waals surface area contributed by atoms with Crippen molar-refractivity contribution in [2.75, 3.05) is 5.32 Å². The third-order valence-corrected chi connectivity index (χ3v) is 5.33. The lowest BCUT2D eigenvalue weighted by Gasteiger charge is -2.12.